The zero-order chi connectivity index (χ0) is 13.4. The third-order valence-electron chi connectivity index (χ3n) is 4.09. The van der Waals surface area contributed by atoms with Gasteiger partial charge in [0.05, 0.1) is 11.4 Å². The molecular formula is C16H21N3. The number of hydrogen-bond donors (Lipinski definition) is 1. The van der Waals surface area contributed by atoms with Gasteiger partial charge in [0.1, 0.15) is 0 Å². The molecule has 100 valence electrons. The monoisotopic (exact) mass is 255 g/mol. The van der Waals surface area contributed by atoms with E-state index >= 15 is 0 Å². The molecule has 0 spiro atoms. The van der Waals surface area contributed by atoms with Gasteiger partial charge >= 0.3 is 0 Å². The SMILES string of the molecule is CCc1c(C)nn(-c2cccc3c2CCCN3)c1C. The Morgan fingerprint density at radius 3 is 2.89 bits per heavy atom. The molecular weight excluding hydrogens is 234 g/mol. The summed E-state index contributed by atoms with van der Waals surface area (Å²) in [6.07, 6.45) is 3.38. The maximum absolute atomic E-state index is 4.75. The van der Waals surface area contributed by atoms with Crippen molar-refractivity contribution in [3.8, 4) is 5.69 Å². The minimum atomic E-state index is 1.05. The Hall–Kier alpha value is -1.77. The topological polar surface area (TPSA) is 29.9 Å². The number of benzene rings is 1. The minimum Gasteiger partial charge on any atom is -0.385 e. The molecule has 0 radical (unpaired) electrons. The highest BCUT2D eigenvalue weighted by Gasteiger charge is 2.17. The number of rotatable bonds is 2. The second-order valence-electron chi connectivity index (χ2n) is 5.25. The Morgan fingerprint density at radius 2 is 2.16 bits per heavy atom. The van der Waals surface area contributed by atoms with Crippen LogP contribution in [-0.4, -0.2) is 16.3 Å². The fourth-order valence-electron chi connectivity index (χ4n) is 3.11. The Morgan fingerprint density at radius 1 is 1.32 bits per heavy atom. The lowest BCUT2D eigenvalue weighted by molar-refractivity contribution is 0.780. The molecule has 0 saturated heterocycles. The maximum atomic E-state index is 4.75. The number of aromatic nitrogens is 2. The van der Waals surface area contributed by atoms with Crippen molar-refractivity contribution in [2.45, 2.75) is 40.0 Å². The van der Waals surface area contributed by atoms with Gasteiger partial charge < -0.3 is 5.32 Å². The number of aryl methyl sites for hydroxylation is 1. The lowest BCUT2D eigenvalue weighted by Crippen LogP contribution is -2.15. The van der Waals surface area contributed by atoms with Crippen molar-refractivity contribution < 1.29 is 0 Å². The average Bonchev–Trinajstić information content (AvgIpc) is 2.72. The van der Waals surface area contributed by atoms with Gasteiger partial charge in [-0.05, 0) is 50.8 Å². The van der Waals surface area contributed by atoms with Crippen LogP contribution in [0.1, 0.15) is 35.9 Å². The maximum Gasteiger partial charge on any atom is 0.0701 e. The van der Waals surface area contributed by atoms with Crippen molar-refractivity contribution in [3.05, 3.63) is 40.7 Å². The van der Waals surface area contributed by atoms with Gasteiger partial charge in [0.25, 0.3) is 0 Å². The van der Waals surface area contributed by atoms with Crippen LogP contribution in [0.2, 0.25) is 0 Å². The lowest BCUT2D eigenvalue weighted by Gasteiger charge is -2.21. The minimum absolute atomic E-state index is 1.05. The van der Waals surface area contributed by atoms with E-state index in [1.165, 1.54) is 34.6 Å². The van der Waals surface area contributed by atoms with E-state index in [2.05, 4.69) is 49.0 Å². The van der Waals surface area contributed by atoms with Crippen molar-refractivity contribution in [1.82, 2.24) is 9.78 Å². The van der Waals surface area contributed by atoms with Crippen LogP contribution in [0.15, 0.2) is 18.2 Å². The standard InChI is InChI=1S/C16H21N3/c1-4-13-11(2)18-19(12(13)3)16-9-5-8-15-14(16)7-6-10-17-15/h5,8-9,17H,4,6-7,10H2,1-3H3. The molecule has 3 heteroatoms. The number of nitrogens with zero attached hydrogens (tertiary/aromatic N) is 2. The van der Waals surface area contributed by atoms with Crippen LogP contribution in [0, 0.1) is 13.8 Å². The molecule has 0 fully saturated rings. The van der Waals surface area contributed by atoms with Crippen molar-refractivity contribution in [2.75, 3.05) is 11.9 Å². The quantitative estimate of drug-likeness (QED) is 0.891. The molecule has 19 heavy (non-hydrogen) atoms. The molecule has 1 aromatic carbocycles. The molecule has 0 amide bonds. The Labute approximate surface area is 114 Å². The highest BCUT2D eigenvalue weighted by molar-refractivity contribution is 5.62. The van der Waals surface area contributed by atoms with Crippen LogP contribution >= 0.6 is 0 Å². The molecule has 0 bridgehead atoms. The van der Waals surface area contributed by atoms with Gasteiger partial charge in [-0.25, -0.2) is 4.68 Å². The second kappa shape index (κ2) is 4.72. The molecule has 2 aromatic rings. The zero-order valence-corrected chi connectivity index (χ0v) is 12.0. The largest absolute Gasteiger partial charge is 0.385 e. The van der Waals surface area contributed by atoms with Gasteiger partial charge in [-0.1, -0.05) is 13.0 Å². The van der Waals surface area contributed by atoms with E-state index in [-0.39, 0.29) is 0 Å². The van der Waals surface area contributed by atoms with E-state index in [0.29, 0.717) is 0 Å². The highest BCUT2D eigenvalue weighted by atomic mass is 15.3. The van der Waals surface area contributed by atoms with Gasteiger partial charge in [-0.15, -0.1) is 0 Å². The molecule has 1 aliphatic heterocycles. The number of nitrogens with one attached hydrogen (secondary N) is 1. The van der Waals surface area contributed by atoms with Crippen molar-refractivity contribution in [3.63, 3.8) is 0 Å². The van der Waals surface area contributed by atoms with Gasteiger partial charge in [0.15, 0.2) is 0 Å². The summed E-state index contributed by atoms with van der Waals surface area (Å²) >= 11 is 0. The van der Waals surface area contributed by atoms with Gasteiger partial charge in [-0.3, -0.25) is 0 Å². The predicted octanol–water partition coefficient (Wildman–Crippen LogP) is 3.41. The smallest absolute Gasteiger partial charge is 0.0701 e. The molecule has 1 aliphatic rings. The molecule has 0 aliphatic carbocycles. The van der Waals surface area contributed by atoms with Crippen LogP contribution in [0.5, 0.6) is 0 Å². The summed E-state index contributed by atoms with van der Waals surface area (Å²) in [5.74, 6) is 0. The molecule has 0 saturated carbocycles. The first kappa shape index (κ1) is 12.3. The van der Waals surface area contributed by atoms with E-state index in [0.717, 1.165) is 25.1 Å². The van der Waals surface area contributed by atoms with Crippen molar-refractivity contribution in [2.24, 2.45) is 0 Å². The normalized spacial score (nSPS) is 14.1. The molecule has 1 aromatic heterocycles. The summed E-state index contributed by atoms with van der Waals surface area (Å²) in [5, 5.41) is 8.23. The van der Waals surface area contributed by atoms with Crippen molar-refractivity contribution in [1.29, 1.82) is 0 Å². The summed E-state index contributed by atoms with van der Waals surface area (Å²) in [7, 11) is 0. The van der Waals surface area contributed by atoms with Gasteiger partial charge in [0, 0.05) is 23.5 Å². The van der Waals surface area contributed by atoms with E-state index in [9.17, 15) is 0 Å². The Bertz CT molecular complexity index is 611. The first-order chi connectivity index (χ1) is 9.22. The molecule has 0 atom stereocenters. The summed E-state index contributed by atoms with van der Waals surface area (Å²) in [6, 6.07) is 6.48. The third-order valence-corrected chi connectivity index (χ3v) is 4.09. The van der Waals surface area contributed by atoms with Crippen LogP contribution in [-0.2, 0) is 12.8 Å². The fraction of sp³-hybridized carbons (Fsp3) is 0.438. The highest BCUT2D eigenvalue weighted by Crippen LogP contribution is 2.29. The summed E-state index contributed by atoms with van der Waals surface area (Å²) in [6.45, 7) is 7.56. The lowest BCUT2D eigenvalue weighted by atomic mass is 10.0. The predicted molar refractivity (Wildman–Crippen MR) is 79.2 cm³/mol. The van der Waals surface area contributed by atoms with E-state index in [1.54, 1.807) is 0 Å². The Kier molecular flexibility index (Phi) is 3.05. The molecule has 3 rings (SSSR count). The molecule has 2 heterocycles. The van der Waals surface area contributed by atoms with Crippen LogP contribution in [0.4, 0.5) is 5.69 Å². The average molecular weight is 255 g/mol. The molecule has 3 nitrogen and oxygen atoms in total. The van der Waals surface area contributed by atoms with Gasteiger partial charge in [-0.2, -0.15) is 5.10 Å². The fourth-order valence-corrected chi connectivity index (χ4v) is 3.11. The Balaban J connectivity index is 2.17. The van der Waals surface area contributed by atoms with Crippen LogP contribution < -0.4 is 5.32 Å². The molecule has 1 N–H and O–H groups in total. The first-order valence-corrected chi connectivity index (χ1v) is 7.13. The van der Waals surface area contributed by atoms with E-state index < -0.39 is 0 Å². The van der Waals surface area contributed by atoms with Crippen molar-refractivity contribution >= 4 is 5.69 Å². The van der Waals surface area contributed by atoms with E-state index in [4.69, 9.17) is 5.10 Å². The number of anilines is 1. The summed E-state index contributed by atoms with van der Waals surface area (Å²) in [5.41, 5.74) is 7.73. The zero-order valence-electron chi connectivity index (χ0n) is 12.0. The van der Waals surface area contributed by atoms with E-state index in [1.807, 2.05) is 0 Å². The third kappa shape index (κ3) is 1.93. The number of fused-ring (bicyclic) bond motifs is 1. The first-order valence-electron chi connectivity index (χ1n) is 7.13. The second-order valence-corrected chi connectivity index (χ2v) is 5.25. The molecule has 0 unspecified atom stereocenters. The summed E-state index contributed by atoms with van der Waals surface area (Å²) in [4.78, 5) is 0. The summed E-state index contributed by atoms with van der Waals surface area (Å²) < 4.78 is 2.12. The van der Waals surface area contributed by atoms with Gasteiger partial charge in [0.2, 0.25) is 0 Å². The van der Waals surface area contributed by atoms with Crippen LogP contribution in [0.25, 0.3) is 5.69 Å². The number of hydrogen-bond acceptors (Lipinski definition) is 2. The van der Waals surface area contributed by atoms with Crippen LogP contribution in [0.3, 0.4) is 0 Å².